The van der Waals surface area contributed by atoms with Gasteiger partial charge in [0.2, 0.25) is 0 Å². The van der Waals surface area contributed by atoms with Crippen LogP contribution in [-0.2, 0) is 9.84 Å². The van der Waals surface area contributed by atoms with Crippen molar-refractivity contribution in [1.82, 2.24) is 4.90 Å². The largest absolute Gasteiger partial charge is 0.330 e. The van der Waals surface area contributed by atoms with E-state index in [0.717, 1.165) is 32.4 Å². The van der Waals surface area contributed by atoms with E-state index in [2.05, 4.69) is 18.7 Å². The first-order chi connectivity index (χ1) is 7.66. The number of nitrogens with two attached hydrogens (primary N) is 1. The molecular formula is C12H28N2O2S. The number of sulfone groups is 1. The zero-order valence-electron chi connectivity index (χ0n) is 11.7. The molecule has 0 bridgehead atoms. The first kappa shape index (κ1) is 16.9. The van der Waals surface area contributed by atoms with E-state index in [1.54, 1.807) is 0 Å². The van der Waals surface area contributed by atoms with Crippen molar-refractivity contribution in [3.63, 3.8) is 0 Å². The van der Waals surface area contributed by atoms with Gasteiger partial charge in [0, 0.05) is 12.8 Å². The average Bonchev–Trinajstić information content (AvgIpc) is 2.20. The standard InChI is InChI=1S/C12H28N2O2S/c1-12(2,11-13)7-5-6-8-14(3)9-10-17(4,15)16/h5-11,13H2,1-4H3. The molecule has 5 heteroatoms. The van der Waals surface area contributed by atoms with E-state index < -0.39 is 9.84 Å². The Morgan fingerprint density at radius 3 is 2.24 bits per heavy atom. The van der Waals surface area contributed by atoms with E-state index in [1.165, 1.54) is 6.26 Å². The monoisotopic (exact) mass is 264 g/mol. The topological polar surface area (TPSA) is 63.4 Å². The third-order valence-electron chi connectivity index (χ3n) is 3.04. The first-order valence-corrected chi connectivity index (χ1v) is 8.29. The summed E-state index contributed by atoms with van der Waals surface area (Å²) in [7, 11) is -0.864. The Kier molecular flexibility index (Phi) is 7.28. The minimum Gasteiger partial charge on any atom is -0.330 e. The van der Waals surface area contributed by atoms with Crippen LogP contribution < -0.4 is 5.73 Å². The van der Waals surface area contributed by atoms with Crippen molar-refractivity contribution in [3.05, 3.63) is 0 Å². The predicted molar refractivity (Wildman–Crippen MR) is 73.9 cm³/mol. The predicted octanol–water partition coefficient (Wildman–Crippen LogP) is 1.12. The van der Waals surface area contributed by atoms with Gasteiger partial charge in [-0.1, -0.05) is 20.3 Å². The molecule has 0 rings (SSSR count). The van der Waals surface area contributed by atoms with Gasteiger partial charge in [0.05, 0.1) is 5.75 Å². The highest BCUT2D eigenvalue weighted by Gasteiger charge is 2.14. The summed E-state index contributed by atoms with van der Waals surface area (Å²) >= 11 is 0. The van der Waals surface area contributed by atoms with Gasteiger partial charge in [-0.05, 0) is 38.4 Å². The summed E-state index contributed by atoms with van der Waals surface area (Å²) in [6.07, 6.45) is 4.66. The molecule has 0 aliphatic carbocycles. The Morgan fingerprint density at radius 1 is 1.18 bits per heavy atom. The maximum atomic E-state index is 11.0. The summed E-state index contributed by atoms with van der Waals surface area (Å²) < 4.78 is 22.0. The van der Waals surface area contributed by atoms with Crippen LogP contribution in [0.3, 0.4) is 0 Å². The molecule has 0 aromatic rings. The molecule has 0 aliphatic heterocycles. The normalized spacial score (nSPS) is 13.3. The lowest BCUT2D eigenvalue weighted by Gasteiger charge is -2.23. The summed E-state index contributed by atoms with van der Waals surface area (Å²) in [4.78, 5) is 2.08. The number of rotatable bonds is 9. The third-order valence-corrected chi connectivity index (χ3v) is 3.96. The van der Waals surface area contributed by atoms with Gasteiger partial charge in [0.1, 0.15) is 9.84 Å². The molecule has 0 aromatic carbocycles. The molecule has 0 saturated heterocycles. The fraction of sp³-hybridized carbons (Fsp3) is 1.00. The molecule has 0 heterocycles. The molecule has 0 radical (unpaired) electrons. The number of hydrogen-bond acceptors (Lipinski definition) is 4. The SMILES string of the molecule is CN(CCCCC(C)(C)CN)CCS(C)(=O)=O. The van der Waals surface area contributed by atoms with Crippen molar-refractivity contribution in [2.75, 3.05) is 38.7 Å². The highest BCUT2D eigenvalue weighted by molar-refractivity contribution is 7.90. The number of unbranched alkanes of at least 4 members (excludes halogenated alkanes) is 1. The molecule has 17 heavy (non-hydrogen) atoms. The molecule has 0 spiro atoms. The van der Waals surface area contributed by atoms with Crippen molar-refractivity contribution >= 4 is 9.84 Å². The van der Waals surface area contributed by atoms with Crippen LogP contribution in [-0.4, -0.2) is 52.0 Å². The lowest BCUT2D eigenvalue weighted by Crippen LogP contribution is -2.27. The van der Waals surface area contributed by atoms with Crippen LogP contribution in [0.2, 0.25) is 0 Å². The average molecular weight is 264 g/mol. The molecule has 4 nitrogen and oxygen atoms in total. The van der Waals surface area contributed by atoms with Gasteiger partial charge in [-0.25, -0.2) is 8.42 Å². The molecule has 0 amide bonds. The van der Waals surface area contributed by atoms with Gasteiger partial charge in [-0.15, -0.1) is 0 Å². The molecule has 0 fully saturated rings. The van der Waals surface area contributed by atoms with Gasteiger partial charge in [-0.2, -0.15) is 0 Å². The van der Waals surface area contributed by atoms with E-state index in [4.69, 9.17) is 5.73 Å². The van der Waals surface area contributed by atoms with Crippen LogP contribution >= 0.6 is 0 Å². The van der Waals surface area contributed by atoms with Crippen LogP contribution in [0.1, 0.15) is 33.1 Å². The van der Waals surface area contributed by atoms with Crippen LogP contribution in [0.15, 0.2) is 0 Å². The Labute approximate surface area is 106 Å². The Balaban J connectivity index is 3.62. The summed E-state index contributed by atoms with van der Waals surface area (Å²) in [6, 6.07) is 0. The van der Waals surface area contributed by atoms with E-state index in [9.17, 15) is 8.42 Å². The third kappa shape index (κ3) is 10.7. The first-order valence-electron chi connectivity index (χ1n) is 6.23. The van der Waals surface area contributed by atoms with Gasteiger partial charge in [0.15, 0.2) is 0 Å². The summed E-state index contributed by atoms with van der Waals surface area (Å²) in [6.45, 7) is 6.66. The molecule has 2 N–H and O–H groups in total. The van der Waals surface area contributed by atoms with Crippen LogP contribution in [0.5, 0.6) is 0 Å². The summed E-state index contributed by atoms with van der Waals surface area (Å²) in [5.41, 5.74) is 5.89. The van der Waals surface area contributed by atoms with Crippen LogP contribution in [0.4, 0.5) is 0 Å². The zero-order valence-corrected chi connectivity index (χ0v) is 12.5. The molecular weight excluding hydrogens is 236 g/mol. The van der Waals surface area contributed by atoms with E-state index in [0.29, 0.717) is 6.54 Å². The second-order valence-electron chi connectivity index (χ2n) is 5.76. The van der Waals surface area contributed by atoms with Gasteiger partial charge in [0.25, 0.3) is 0 Å². The maximum Gasteiger partial charge on any atom is 0.148 e. The smallest absolute Gasteiger partial charge is 0.148 e. The minimum atomic E-state index is -2.84. The molecule has 0 atom stereocenters. The van der Waals surface area contributed by atoms with Crippen molar-refractivity contribution in [2.45, 2.75) is 33.1 Å². The Morgan fingerprint density at radius 2 is 1.76 bits per heavy atom. The summed E-state index contributed by atoms with van der Waals surface area (Å²) in [5, 5.41) is 0. The van der Waals surface area contributed by atoms with E-state index in [1.807, 2.05) is 7.05 Å². The lowest BCUT2D eigenvalue weighted by molar-refractivity contribution is 0.301. The zero-order chi connectivity index (χ0) is 13.5. The molecule has 0 unspecified atom stereocenters. The highest BCUT2D eigenvalue weighted by atomic mass is 32.2. The molecule has 104 valence electrons. The highest BCUT2D eigenvalue weighted by Crippen LogP contribution is 2.21. The molecule has 0 saturated carbocycles. The van der Waals surface area contributed by atoms with Crippen molar-refractivity contribution in [1.29, 1.82) is 0 Å². The maximum absolute atomic E-state index is 11.0. The van der Waals surface area contributed by atoms with Crippen LogP contribution in [0.25, 0.3) is 0 Å². The second-order valence-corrected chi connectivity index (χ2v) is 8.02. The van der Waals surface area contributed by atoms with Crippen molar-refractivity contribution in [2.24, 2.45) is 11.1 Å². The van der Waals surface area contributed by atoms with E-state index >= 15 is 0 Å². The lowest BCUT2D eigenvalue weighted by atomic mass is 9.87. The molecule has 0 aromatic heterocycles. The molecule has 0 aliphatic rings. The second kappa shape index (κ2) is 7.34. The van der Waals surface area contributed by atoms with E-state index in [-0.39, 0.29) is 11.2 Å². The van der Waals surface area contributed by atoms with Crippen LogP contribution in [0, 0.1) is 5.41 Å². The van der Waals surface area contributed by atoms with Gasteiger partial charge >= 0.3 is 0 Å². The minimum absolute atomic E-state index is 0.228. The van der Waals surface area contributed by atoms with Crippen molar-refractivity contribution in [3.8, 4) is 0 Å². The van der Waals surface area contributed by atoms with Gasteiger partial charge < -0.3 is 10.6 Å². The summed E-state index contributed by atoms with van der Waals surface area (Å²) in [5.74, 6) is 0.248. The quantitative estimate of drug-likeness (QED) is 0.634. The Hall–Kier alpha value is -0.130. The van der Waals surface area contributed by atoms with Gasteiger partial charge in [-0.3, -0.25) is 0 Å². The van der Waals surface area contributed by atoms with Crippen molar-refractivity contribution < 1.29 is 8.42 Å². The Bertz CT molecular complexity index is 300. The number of nitrogens with zero attached hydrogens (tertiary/aromatic N) is 1. The number of hydrogen-bond donors (Lipinski definition) is 1. The fourth-order valence-corrected chi connectivity index (χ4v) is 2.16. The fourth-order valence-electron chi connectivity index (χ4n) is 1.52.